The second kappa shape index (κ2) is 6.11. The summed E-state index contributed by atoms with van der Waals surface area (Å²) in [6.07, 6.45) is 2.75. The summed E-state index contributed by atoms with van der Waals surface area (Å²) < 4.78 is 0. The molecular formula is C12H24O3. The highest BCUT2D eigenvalue weighted by atomic mass is 16.4. The molecule has 0 saturated carbocycles. The van der Waals surface area contributed by atoms with E-state index in [1.807, 2.05) is 6.92 Å². The molecule has 0 aliphatic carbocycles. The maximum Gasteiger partial charge on any atom is 0.309 e. The first kappa shape index (κ1) is 14.4. The number of carboxylic acids is 1. The molecule has 0 fully saturated rings. The van der Waals surface area contributed by atoms with E-state index < -0.39 is 17.5 Å². The minimum Gasteiger partial charge on any atom is -0.481 e. The van der Waals surface area contributed by atoms with Crippen molar-refractivity contribution in [3.8, 4) is 0 Å². The van der Waals surface area contributed by atoms with Crippen molar-refractivity contribution in [1.29, 1.82) is 0 Å². The smallest absolute Gasteiger partial charge is 0.309 e. The van der Waals surface area contributed by atoms with Gasteiger partial charge in [0, 0.05) is 0 Å². The highest BCUT2D eigenvalue weighted by molar-refractivity contribution is 5.71. The van der Waals surface area contributed by atoms with E-state index in [0.717, 1.165) is 12.8 Å². The fraction of sp³-hybridized carbons (Fsp3) is 0.917. The largest absolute Gasteiger partial charge is 0.481 e. The van der Waals surface area contributed by atoms with Crippen LogP contribution in [0.3, 0.4) is 0 Å². The van der Waals surface area contributed by atoms with Gasteiger partial charge in [0.25, 0.3) is 0 Å². The Labute approximate surface area is 92.5 Å². The molecule has 0 radical (unpaired) electrons. The zero-order chi connectivity index (χ0) is 12.1. The average Bonchev–Trinajstić information content (AvgIpc) is 2.10. The summed E-state index contributed by atoms with van der Waals surface area (Å²) in [5.74, 6) is -1.03. The van der Waals surface area contributed by atoms with Crippen LogP contribution in [0.1, 0.15) is 53.4 Å². The molecule has 0 saturated heterocycles. The predicted octanol–water partition coefficient (Wildman–Crippen LogP) is 2.67. The van der Waals surface area contributed by atoms with Crippen LogP contribution in [0.15, 0.2) is 0 Å². The summed E-state index contributed by atoms with van der Waals surface area (Å²) in [5, 5.41) is 19.2. The molecule has 0 bridgehead atoms. The zero-order valence-electron chi connectivity index (χ0n) is 10.3. The predicted molar refractivity (Wildman–Crippen MR) is 60.7 cm³/mol. The van der Waals surface area contributed by atoms with Crippen LogP contribution in [-0.4, -0.2) is 21.8 Å². The van der Waals surface area contributed by atoms with Gasteiger partial charge in [-0.15, -0.1) is 0 Å². The monoisotopic (exact) mass is 216 g/mol. The quantitative estimate of drug-likeness (QED) is 0.688. The van der Waals surface area contributed by atoms with Crippen molar-refractivity contribution in [2.24, 2.45) is 11.8 Å². The maximum absolute atomic E-state index is 11.0. The van der Waals surface area contributed by atoms with E-state index in [1.165, 1.54) is 0 Å². The molecule has 15 heavy (non-hydrogen) atoms. The molecule has 3 nitrogen and oxygen atoms in total. The van der Waals surface area contributed by atoms with Crippen LogP contribution in [0, 0.1) is 11.8 Å². The molecule has 0 aliphatic heterocycles. The van der Waals surface area contributed by atoms with Gasteiger partial charge in [-0.25, -0.2) is 0 Å². The van der Waals surface area contributed by atoms with E-state index in [0.29, 0.717) is 18.8 Å². The number of hydrogen-bond acceptors (Lipinski definition) is 2. The van der Waals surface area contributed by atoms with Gasteiger partial charge in [0.2, 0.25) is 0 Å². The average molecular weight is 216 g/mol. The van der Waals surface area contributed by atoms with Crippen LogP contribution < -0.4 is 0 Å². The van der Waals surface area contributed by atoms with Gasteiger partial charge in [-0.05, 0) is 32.1 Å². The summed E-state index contributed by atoms with van der Waals surface area (Å²) in [6, 6.07) is 0. The number of hydrogen-bond donors (Lipinski definition) is 2. The molecule has 0 spiro atoms. The Morgan fingerprint density at radius 1 is 1.33 bits per heavy atom. The van der Waals surface area contributed by atoms with Gasteiger partial charge in [0.1, 0.15) is 0 Å². The van der Waals surface area contributed by atoms with Gasteiger partial charge in [-0.2, -0.15) is 0 Å². The Balaban J connectivity index is 4.41. The third-order valence-electron chi connectivity index (χ3n) is 2.85. The minimum absolute atomic E-state index is 0.493. The van der Waals surface area contributed by atoms with Crippen molar-refractivity contribution in [2.75, 3.05) is 0 Å². The molecule has 2 unspecified atom stereocenters. The topological polar surface area (TPSA) is 57.5 Å². The molecule has 0 rings (SSSR count). The van der Waals surface area contributed by atoms with Crippen molar-refractivity contribution in [1.82, 2.24) is 0 Å². The van der Waals surface area contributed by atoms with Gasteiger partial charge in [-0.3, -0.25) is 4.79 Å². The Kier molecular flexibility index (Phi) is 5.88. The molecule has 0 aromatic heterocycles. The van der Waals surface area contributed by atoms with Gasteiger partial charge >= 0.3 is 5.97 Å². The molecule has 0 amide bonds. The molecule has 0 aromatic rings. The lowest BCUT2D eigenvalue weighted by Gasteiger charge is -2.30. The zero-order valence-corrected chi connectivity index (χ0v) is 10.3. The maximum atomic E-state index is 11.0. The van der Waals surface area contributed by atoms with E-state index in [9.17, 15) is 9.90 Å². The normalized spacial score (nSPS) is 17.5. The molecule has 0 aliphatic rings. The standard InChI is InChI=1S/C12H24O3/c1-5-6-10(11(13)14)12(4,15)8-7-9(2)3/h9-10,15H,5-8H2,1-4H3,(H,13,14). The lowest BCUT2D eigenvalue weighted by atomic mass is 9.81. The highest BCUT2D eigenvalue weighted by Gasteiger charge is 2.36. The molecule has 0 aromatic carbocycles. The summed E-state index contributed by atoms with van der Waals surface area (Å²) in [6.45, 7) is 7.73. The van der Waals surface area contributed by atoms with E-state index in [2.05, 4.69) is 13.8 Å². The van der Waals surface area contributed by atoms with Gasteiger partial charge < -0.3 is 10.2 Å². The van der Waals surface area contributed by atoms with E-state index in [-0.39, 0.29) is 0 Å². The van der Waals surface area contributed by atoms with Crippen molar-refractivity contribution >= 4 is 5.97 Å². The first-order valence-corrected chi connectivity index (χ1v) is 5.76. The van der Waals surface area contributed by atoms with Crippen LogP contribution in [-0.2, 0) is 4.79 Å². The Bertz CT molecular complexity index is 197. The van der Waals surface area contributed by atoms with E-state index in [4.69, 9.17) is 5.11 Å². The van der Waals surface area contributed by atoms with Gasteiger partial charge in [0.15, 0.2) is 0 Å². The summed E-state index contributed by atoms with van der Waals surface area (Å²) >= 11 is 0. The summed E-state index contributed by atoms with van der Waals surface area (Å²) in [7, 11) is 0. The number of carboxylic acid groups (broad SMARTS) is 1. The minimum atomic E-state index is -1.08. The number of carbonyl (C=O) groups is 1. The molecular weight excluding hydrogens is 192 g/mol. The van der Waals surface area contributed by atoms with Gasteiger partial charge in [0.05, 0.1) is 11.5 Å². The molecule has 2 atom stereocenters. The molecule has 0 heterocycles. The fourth-order valence-corrected chi connectivity index (χ4v) is 1.74. The fourth-order valence-electron chi connectivity index (χ4n) is 1.74. The van der Waals surface area contributed by atoms with Gasteiger partial charge in [-0.1, -0.05) is 27.2 Å². The summed E-state index contributed by atoms with van der Waals surface area (Å²) in [4.78, 5) is 11.0. The number of aliphatic carboxylic acids is 1. The lowest BCUT2D eigenvalue weighted by Crippen LogP contribution is -2.39. The van der Waals surface area contributed by atoms with Crippen LogP contribution in [0.4, 0.5) is 0 Å². The van der Waals surface area contributed by atoms with Crippen LogP contribution >= 0.6 is 0 Å². The third-order valence-corrected chi connectivity index (χ3v) is 2.85. The molecule has 3 heteroatoms. The Hall–Kier alpha value is -0.570. The van der Waals surface area contributed by atoms with E-state index in [1.54, 1.807) is 6.92 Å². The van der Waals surface area contributed by atoms with Crippen molar-refractivity contribution in [3.05, 3.63) is 0 Å². The van der Waals surface area contributed by atoms with E-state index >= 15 is 0 Å². The second-order valence-corrected chi connectivity index (χ2v) is 4.97. The number of aliphatic hydroxyl groups is 1. The van der Waals surface area contributed by atoms with Crippen LogP contribution in [0.25, 0.3) is 0 Å². The molecule has 90 valence electrons. The lowest BCUT2D eigenvalue weighted by molar-refractivity contribution is -0.152. The second-order valence-electron chi connectivity index (χ2n) is 4.97. The van der Waals surface area contributed by atoms with Crippen molar-refractivity contribution in [3.63, 3.8) is 0 Å². The third kappa shape index (κ3) is 5.17. The molecule has 2 N–H and O–H groups in total. The SMILES string of the molecule is CCCC(C(=O)O)C(C)(O)CCC(C)C. The summed E-state index contributed by atoms with van der Waals surface area (Å²) in [5.41, 5.74) is -1.08. The van der Waals surface area contributed by atoms with Crippen LogP contribution in [0.2, 0.25) is 0 Å². The first-order valence-electron chi connectivity index (χ1n) is 5.76. The Morgan fingerprint density at radius 3 is 2.20 bits per heavy atom. The highest BCUT2D eigenvalue weighted by Crippen LogP contribution is 2.28. The van der Waals surface area contributed by atoms with Crippen molar-refractivity contribution < 1.29 is 15.0 Å². The first-order chi connectivity index (χ1) is 6.81. The van der Waals surface area contributed by atoms with Crippen LogP contribution in [0.5, 0.6) is 0 Å². The van der Waals surface area contributed by atoms with Crippen molar-refractivity contribution in [2.45, 2.75) is 59.0 Å². The Morgan fingerprint density at radius 2 is 1.87 bits per heavy atom. The number of rotatable bonds is 7.